The summed E-state index contributed by atoms with van der Waals surface area (Å²) in [5.41, 5.74) is 22.9. The van der Waals surface area contributed by atoms with Gasteiger partial charge in [0.1, 0.15) is 22.3 Å². The monoisotopic (exact) mass is 800 g/mol. The van der Waals surface area contributed by atoms with Crippen LogP contribution in [-0.2, 0) is 5.41 Å². The Bertz CT molecular complexity index is 3620. The fraction of sp³-hybridized carbons (Fsp3) is 0.0164. The van der Waals surface area contributed by atoms with Crippen molar-refractivity contribution < 1.29 is 8.83 Å². The van der Waals surface area contributed by atoms with Crippen molar-refractivity contribution >= 4 is 43.9 Å². The first-order valence-electron chi connectivity index (χ1n) is 21.7. The summed E-state index contributed by atoms with van der Waals surface area (Å²) in [7, 11) is 0. The van der Waals surface area contributed by atoms with Crippen LogP contribution < -0.4 is 0 Å². The van der Waals surface area contributed by atoms with E-state index in [4.69, 9.17) is 8.83 Å². The molecule has 12 aromatic rings. The van der Waals surface area contributed by atoms with Crippen LogP contribution in [0.3, 0.4) is 0 Å². The van der Waals surface area contributed by atoms with E-state index < -0.39 is 5.41 Å². The number of hydrogen-bond donors (Lipinski definition) is 0. The molecule has 14 rings (SSSR count). The number of fused-ring (bicyclic) bond motifs is 16. The fourth-order valence-electron chi connectivity index (χ4n) is 11.4. The van der Waals surface area contributed by atoms with Crippen molar-refractivity contribution in [1.82, 2.24) is 0 Å². The van der Waals surface area contributed by atoms with Gasteiger partial charge in [-0.05, 0) is 102 Å². The van der Waals surface area contributed by atoms with Crippen molar-refractivity contribution in [2.75, 3.05) is 0 Å². The van der Waals surface area contributed by atoms with Gasteiger partial charge in [0.25, 0.3) is 0 Å². The van der Waals surface area contributed by atoms with Gasteiger partial charge in [0, 0.05) is 32.7 Å². The number of hydrogen-bond acceptors (Lipinski definition) is 2. The molecule has 2 aromatic heterocycles. The van der Waals surface area contributed by atoms with E-state index >= 15 is 0 Å². The molecule has 2 aliphatic carbocycles. The second kappa shape index (κ2) is 12.9. The lowest BCUT2D eigenvalue weighted by Crippen LogP contribution is -2.25. The van der Waals surface area contributed by atoms with Gasteiger partial charge in [-0.15, -0.1) is 0 Å². The minimum Gasteiger partial charge on any atom is -0.455 e. The molecule has 0 amide bonds. The number of benzene rings is 10. The van der Waals surface area contributed by atoms with Gasteiger partial charge in [0.15, 0.2) is 0 Å². The smallest absolute Gasteiger partial charge is 0.143 e. The molecule has 0 N–H and O–H groups in total. The van der Waals surface area contributed by atoms with Crippen LogP contribution in [0, 0.1) is 0 Å². The van der Waals surface area contributed by atoms with Crippen LogP contribution in [0.2, 0.25) is 0 Å². The normalized spacial score (nSPS) is 13.2. The molecule has 10 aromatic carbocycles. The first kappa shape index (κ1) is 34.5. The Kier molecular flexibility index (Phi) is 7.07. The van der Waals surface area contributed by atoms with E-state index in [1.54, 1.807) is 0 Å². The van der Waals surface area contributed by atoms with Gasteiger partial charge in [-0.3, -0.25) is 0 Å². The molecule has 2 aliphatic rings. The Hall–Kier alpha value is -8.20. The molecule has 0 saturated heterocycles. The minimum absolute atomic E-state index is 0.501. The quantitative estimate of drug-likeness (QED) is 0.177. The Morgan fingerprint density at radius 2 is 0.587 bits per heavy atom. The van der Waals surface area contributed by atoms with E-state index in [9.17, 15) is 0 Å². The lowest BCUT2D eigenvalue weighted by atomic mass is 9.70. The SMILES string of the molecule is c1cc(-c2cccc3c2-c2ccccc2C32c3ccccc3-c3c(-c4cccc(-c5cccc6c5oc5ccccc56)c4)cccc32)cc(-c2cccc3c2oc2ccccc23)c1. The topological polar surface area (TPSA) is 26.3 Å². The highest BCUT2D eigenvalue weighted by atomic mass is 16.3. The molecule has 2 heterocycles. The predicted molar refractivity (Wildman–Crippen MR) is 259 cm³/mol. The molecule has 0 unspecified atom stereocenters. The van der Waals surface area contributed by atoms with E-state index in [1.807, 2.05) is 12.1 Å². The summed E-state index contributed by atoms with van der Waals surface area (Å²) in [6, 6.07) is 79.8. The van der Waals surface area contributed by atoms with Crippen LogP contribution in [0.5, 0.6) is 0 Å². The Balaban J connectivity index is 0.963. The third kappa shape index (κ3) is 4.67. The Morgan fingerprint density at radius 1 is 0.254 bits per heavy atom. The summed E-state index contributed by atoms with van der Waals surface area (Å²) < 4.78 is 13.1. The molecule has 63 heavy (non-hydrogen) atoms. The molecule has 292 valence electrons. The summed E-state index contributed by atoms with van der Waals surface area (Å²) in [4.78, 5) is 0. The summed E-state index contributed by atoms with van der Waals surface area (Å²) in [6.07, 6.45) is 0. The Labute approximate surface area is 363 Å². The van der Waals surface area contributed by atoms with Gasteiger partial charge in [0.05, 0.1) is 5.41 Å². The standard InChI is InChI=1S/C61H36O2/c1-5-29-51-49(21-1)57-41(37-15-9-17-39(35-37)43-25-11-27-47-45-19-3-7-33-55(45)62-59(43)47)23-13-31-53(57)61(51)52-30-6-2-22-50(52)58-42(24-14-32-54(58)61)38-16-10-18-40(36-38)44-26-12-28-48-46-20-4-8-34-56(46)63-60(44)48/h1-36H. The molecule has 0 bridgehead atoms. The fourth-order valence-corrected chi connectivity index (χ4v) is 11.4. The minimum atomic E-state index is -0.501. The van der Waals surface area contributed by atoms with Crippen molar-refractivity contribution in [2.45, 2.75) is 5.41 Å². The molecule has 0 fully saturated rings. The predicted octanol–water partition coefficient (Wildman–Crippen LogP) is 16.5. The van der Waals surface area contributed by atoms with Crippen molar-refractivity contribution in [3.05, 3.63) is 241 Å². The van der Waals surface area contributed by atoms with E-state index in [-0.39, 0.29) is 0 Å². The maximum absolute atomic E-state index is 6.53. The molecular weight excluding hydrogens is 765 g/mol. The maximum atomic E-state index is 6.53. The number of rotatable bonds is 4. The first-order valence-corrected chi connectivity index (χ1v) is 21.7. The highest BCUT2D eigenvalue weighted by Gasteiger charge is 2.52. The van der Waals surface area contributed by atoms with Crippen molar-refractivity contribution in [3.63, 3.8) is 0 Å². The summed E-state index contributed by atoms with van der Waals surface area (Å²) in [5, 5.41) is 4.56. The van der Waals surface area contributed by atoms with E-state index in [1.165, 1.54) is 66.8 Å². The summed E-state index contributed by atoms with van der Waals surface area (Å²) >= 11 is 0. The number of para-hydroxylation sites is 4. The summed E-state index contributed by atoms with van der Waals surface area (Å²) in [6.45, 7) is 0. The third-order valence-corrected chi connectivity index (χ3v) is 13.9. The van der Waals surface area contributed by atoms with Gasteiger partial charge in [0.2, 0.25) is 0 Å². The molecule has 0 radical (unpaired) electrons. The summed E-state index contributed by atoms with van der Waals surface area (Å²) in [5.74, 6) is 0. The van der Waals surface area contributed by atoms with E-state index in [0.717, 1.165) is 66.1 Å². The zero-order valence-electron chi connectivity index (χ0n) is 34.1. The number of furan rings is 2. The molecule has 0 aliphatic heterocycles. The zero-order valence-corrected chi connectivity index (χ0v) is 34.1. The van der Waals surface area contributed by atoms with Gasteiger partial charge >= 0.3 is 0 Å². The van der Waals surface area contributed by atoms with Crippen LogP contribution in [0.1, 0.15) is 22.3 Å². The maximum Gasteiger partial charge on any atom is 0.143 e. The lowest BCUT2D eigenvalue weighted by molar-refractivity contribution is 0.669. The highest BCUT2D eigenvalue weighted by molar-refractivity contribution is 6.11. The molecule has 0 atom stereocenters. The van der Waals surface area contributed by atoms with Crippen molar-refractivity contribution in [3.8, 4) is 66.8 Å². The van der Waals surface area contributed by atoms with Crippen LogP contribution in [-0.4, -0.2) is 0 Å². The van der Waals surface area contributed by atoms with Gasteiger partial charge in [-0.25, -0.2) is 0 Å². The largest absolute Gasteiger partial charge is 0.455 e. The lowest BCUT2D eigenvalue weighted by Gasteiger charge is -2.30. The van der Waals surface area contributed by atoms with Gasteiger partial charge in [-0.1, -0.05) is 194 Å². The second-order valence-electron chi connectivity index (χ2n) is 17.0. The molecule has 0 saturated carbocycles. The van der Waals surface area contributed by atoms with Crippen molar-refractivity contribution in [1.29, 1.82) is 0 Å². The third-order valence-electron chi connectivity index (χ3n) is 13.9. The van der Waals surface area contributed by atoms with E-state index in [0.29, 0.717) is 0 Å². The zero-order chi connectivity index (χ0) is 41.2. The molecule has 2 nitrogen and oxygen atoms in total. The van der Waals surface area contributed by atoms with E-state index in [2.05, 4.69) is 206 Å². The second-order valence-corrected chi connectivity index (χ2v) is 17.0. The van der Waals surface area contributed by atoms with Gasteiger partial charge < -0.3 is 8.83 Å². The van der Waals surface area contributed by atoms with Crippen LogP contribution in [0.4, 0.5) is 0 Å². The Morgan fingerprint density at radius 3 is 1.08 bits per heavy atom. The van der Waals surface area contributed by atoms with Crippen LogP contribution in [0.25, 0.3) is 111 Å². The van der Waals surface area contributed by atoms with Crippen molar-refractivity contribution in [2.24, 2.45) is 0 Å². The average molecular weight is 801 g/mol. The highest BCUT2D eigenvalue weighted by Crippen LogP contribution is 2.65. The van der Waals surface area contributed by atoms with Gasteiger partial charge in [-0.2, -0.15) is 0 Å². The molecular formula is C61H36O2. The first-order chi connectivity index (χ1) is 31.3. The molecule has 1 spiro atoms. The molecule has 2 heteroatoms. The average Bonchev–Trinajstić information content (AvgIpc) is 4.09. The van der Waals surface area contributed by atoms with Crippen LogP contribution in [0.15, 0.2) is 227 Å². The van der Waals surface area contributed by atoms with Crippen LogP contribution >= 0.6 is 0 Å².